The van der Waals surface area contributed by atoms with Crippen molar-refractivity contribution in [3.63, 3.8) is 0 Å². The van der Waals surface area contributed by atoms with Crippen molar-refractivity contribution in [3.05, 3.63) is 40.9 Å². The van der Waals surface area contributed by atoms with E-state index in [9.17, 15) is 0 Å². The summed E-state index contributed by atoms with van der Waals surface area (Å²) < 4.78 is 0. The second-order valence-corrected chi connectivity index (χ2v) is 6.21. The van der Waals surface area contributed by atoms with Crippen LogP contribution in [0.15, 0.2) is 29.6 Å². The molecule has 0 bridgehead atoms. The molecule has 1 aliphatic rings. The van der Waals surface area contributed by atoms with Gasteiger partial charge in [0.15, 0.2) is 5.13 Å². The third-order valence-electron chi connectivity index (χ3n) is 4.01. The van der Waals surface area contributed by atoms with Crippen LogP contribution in [0.1, 0.15) is 24.6 Å². The van der Waals surface area contributed by atoms with Crippen LogP contribution in [-0.2, 0) is 12.8 Å². The van der Waals surface area contributed by atoms with Crippen LogP contribution in [-0.4, -0.2) is 16.5 Å². The minimum absolute atomic E-state index is 0.905. The zero-order chi connectivity index (χ0) is 14.2. The summed E-state index contributed by atoms with van der Waals surface area (Å²) in [4.78, 5) is 9.62. The van der Waals surface area contributed by atoms with Gasteiger partial charge < -0.3 is 5.32 Å². The number of anilines is 1. The van der Waals surface area contributed by atoms with E-state index in [1.807, 2.05) is 0 Å². The van der Waals surface area contributed by atoms with Crippen molar-refractivity contribution in [2.75, 3.05) is 11.9 Å². The number of nitrogens with one attached hydrogen (secondary N) is 1. The van der Waals surface area contributed by atoms with Crippen molar-refractivity contribution in [1.82, 2.24) is 9.97 Å². The van der Waals surface area contributed by atoms with E-state index in [1.54, 1.807) is 11.3 Å². The molecule has 3 nitrogen and oxygen atoms in total. The zero-order valence-electron chi connectivity index (χ0n) is 12.0. The van der Waals surface area contributed by atoms with E-state index >= 15 is 0 Å². The topological polar surface area (TPSA) is 37.8 Å². The Labute approximate surface area is 128 Å². The second kappa shape index (κ2) is 5.11. The minimum Gasteiger partial charge on any atom is -0.362 e. The van der Waals surface area contributed by atoms with Crippen LogP contribution < -0.4 is 5.32 Å². The van der Waals surface area contributed by atoms with Gasteiger partial charge in [0, 0.05) is 28.6 Å². The molecule has 0 atom stereocenters. The van der Waals surface area contributed by atoms with E-state index in [4.69, 9.17) is 9.97 Å². The number of fused-ring (bicyclic) bond motifs is 2. The van der Waals surface area contributed by atoms with E-state index in [0.717, 1.165) is 35.7 Å². The molecule has 0 aliphatic heterocycles. The molecule has 0 unspecified atom stereocenters. The molecule has 1 aromatic carbocycles. The van der Waals surface area contributed by atoms with Gasteiger partial charge in [0.2, 0.25) is 0 Å². The maximum atomic E-state index is 4.85. The first kappa shape index (κ1) is 12.8. The van der Waals surface area contributed by atoms with Gasteiger partial charge in [0.25, 0.3) is 0 Å². The lowest BCUT2D eigenvalue weighted by Gasteiger charge is -2.10. The highest BCUT2D eigenvalue weighted by atomic mass is 32.1. The van der Waals surface area contributed by atoms with Gasteiger partial charge >= 0.3 is 0 Å². The summed E-state index contributed by atoms with van der Waals surface area (Å²) in [6.07, 6.45) is 3.42. The highest BCUT2D eigenvalue weighted by molar-refractivity contribution is 7.14. The van der Waals surface area contributed by atoms with Crippen LogP contribution in [0.25, 0.3) is 22.2 Å². The fourth-order valence-corrected chi connectivity index (χ4v) is 3.90. The Balaban J connectivity index is 1.97. The van der Waals surface area contributed by atoms with Crippen LogP contribution in [0.5, 0.6) is 0 Å². The lowest BCUT2D eigenvalue weighted by atomic mass is 9.99. The Bertz CT molecular complexity index is 807. The third kappa shape index (κ3) is 2.10. The Hall–Kier alpha value is -1.94. The van der Waals surface area contributed by atoms with Crippen LogP contribution in [0.4, 0.5) is 5.13 Å². The smallest absolute Gasteiger partial charge is 0.183 e. The fourth-order valence-electron chi connectivity index (χ4n) is 3.12. The minimum atomic E-state index is 0.905. The molecule has 0 radical (unpaired) electrons. The first-order chi connectivity index (χ1) is 10.4. The molecule has 0 saturated heterocycles. The number of rotatable bonds is 3. The normalized spacial score (nSPS) is 13.6. The van der Waals surface area contributed by atoms with Gasteiger partial charge in [-0.25, -0.2) is 4.98 Å². The summed E-state index contributed by atoms with van der Waals surface area (Å²) in [6.45, 7) is 3.00. The van der Waals surface area contributed by atoms with Crippen molar-refractivity contribution in [2.45, 2.75) is 26.2 Å². The van der Waals surface area contributed by atoms with Gasteiger partial charge in [-0.15, -0.1) is 11.3 Å². The van der Waals surface area contributed by atoms with E-state index in [2.05, 4.69) is 41.9 Å². The zero-order valence-corrected chi connectivity index (χ0v) is 12.8. The van der Waals surface area contributed by atoms with Crippen molar-refractivity contribution in [1.29, 1.82) is 0 Å². The standard InChI is InChI=1S/C17H17N3S/c1-2-18-17-20-15(10-21-17)16-11-6-3-4-8-13(11)19-14-9-5-7-12(14)16/h3-4,6,8,10H,2,5,7,9H2,1H3,(H,18,20). The summed E-state index contributed by atoms with van der Waals surface area (Å²) in [5.41, 5.74) is 6.15. The summed E-state index contributed by atoms with van der Waals surface area (Å²) in [6, 6.07) is 8.43. The number of benzene rings is 1. The Morgan fingerprint density at radius 3 is 3.00 bits per heavy atom. The molecule has 1 N–H and O–H groups in total. The number of pyridine rings is 1. The Morgan fingerprint density at radius 2 is 2.10 bits per heavy atom. The van der Waals surface area contributed by atoms with Gasteiger partial charge in [0.05, 0.1) is 11.2 Å². The number of hydrogen-bond acceptors (Lipinski definition) is 4. The first-order valence-electron chi connectivity index (χ1n) is 7.47. The number of para-hydroxylation sites is 1. The van der Waals surface area contributed by atoms with E-state index in [0.29, 0.717) is 0 Å². The molecular formula is C17H17N3S. The summed E-state index contributed by atoms with van der Waals surface area (Å²) in [7, 11) is 0. The molecule has 4 rings (SSSR count). The molecule has 0 amide bonds. The molecule has 0 spiro atoms. The summed E-state index contributed by atoms with van der Waals surface area (Å²) in [5.74, 6) is 0. The number of thiazole rings is 1. The second-order valence-electron chi connectivity index (χ2n) is 5.35. The predicted molar refractivity (Wildman–Crippen MR) is 89.0 cm³/mol. The lowest BCUT2D eigenvalue weighted by Crippen LogP contribution is -1.97. The largest absolute Gasteiger partial charge is 0.362 e. The predicted octanol–water partition coefficient (Wildman–Crippen LogP) is 4.28. The van der Waals surface area contributed by atoms with Crippen molar-refractivity contribution >= 4 is 27.4 Å². The number of aryl methyl sites for hydroxylation is 1. The first-order valence-corrected chi connectivity index (χ1v) is 8.35. The average molecular weight is 295 g/mol. The molecule has 2 heterocycles. The fraction of sp³-hybridized carbons (Fsp3) is 0.294. The van der Waals surface area contributed by atoms with Crippen molar-refractivity contribution < 1.29 is 0 Å². The molecule has 0 fully saturated rings. The highest BCUT2D eigenvalue weighted by Gasteiger charge is 2.21. The highest BCUT2D eigenvalue weighted by Crippen LogP contribution is 2.38. The van der Waals surface area contributed by atoms with Crippen LogP contribution in [0, 0.1) is 0 Å². The molecule has 0 saturated carbocycles. The van der Waals surface area contributed by atoms with Crippen molar-refractivity contribution in [2.24, 2.45) is 0 Å². The average Bonchev–Trinajstić information content (AvgIpc) is 3.14. The molecule has 1 aliphatic carbocycles. The van der Waals surface area contributed by atoms with Gasteiger partial charge in [-0.2, -0.15) is 0 Å². The molecular weight excluding hydrogens is 278 g/mol. The maximum absolute atomic E-state index is 4.85. The Kier molecular flexibility index (Phi) is 3.11. The Morgan fingerprint density at radius 1 is 1.19 bits per heavy atom. The number of hydrogen-bond donors (Lipinski definition) is 1. The van der Waals surface area contributed by atoms with Crippen molar-refractivity contribution in [3.8, 4) is 11.3 Å². The molecule has 3 aromatic rings. The van der Waals surface area contributed by atoms with E-state index < -0.39 is 0 Å². The lowest BCUT2D eigenvalue weighted by molar-refractivity contribution is 0.901. The number of aromatic nitrogens is 2. The van der Waals surface area contributed by atoms with E-state index in [-0.39, 0.29) is 0 Å². The summed E-state index contributed by atoms with van der Waals surface area (Å²) in [5, 5.41) is 7.70. The van der Waals surface area contributed by atoms with Crippen LogP contribution >= 0.6 is 11.3 Å². The quantitative estimate of drug-likeness (QED) is 0.783. The van der Waals surface area contributed by atoms with Gasteiger partial charge in [-0.1, -0.05) is 18.2 Å². The molecule has 21 heavy (non-hydrogen) atoms. The third-order valence-corrected chi connectivity index (χ3v) is 4.81. The van der Waals surface area contributed by atoms with Gasteiger partial charge in [-0.3, -0.25) is 4.98 Å². The van der Waals surface area contributed by atoms with Gasteiger partial charge in [-0.05, 0) is 37.8 Å². The molecule has 4 heteroatoms. The summed E-state index contributed by atoms with van der Waals surface area (Å²) >= 11 is 1.68. The van der Waals surface area contributed by atoms with Crippen LogP contribution in [0.2, 0.25) is 0 Å². The number of nitrogens with zero attached hydrogens (tertiary/aromatic N) is 2. The molecule has 2 aromatic heterocycles. The molecule has 106 valence electrons. The monoisotopic (exact) mass is 295 g/mol. The maximum Gasteiger partial charge on any atom is 0.183 e. The van der Waals surface area contributed by atoms with Gasteiger partial charge in [0.1, 0.15) is 0 Å². The van der Waals surface area contributed by atoms with E-state index in [1.165, 1.54) is 28.6 Å². The SMILES string of the molecule is CCNc1nc(-c2c3c(nc4ccccc24)CCC3)cs1. The van der Waals surface area contributed by atoms with Crippen LogP contribution in [0.3, 0.4) is 0 Å².